The summed E-state index contributed by atoms with van der Waals surface area (Å²) in [7, 11) is 1.60. The van der Waals surface area contributed by atoms with Crippen LogP contribution >= 0.6 is 0 Å². The number of methoxy groups -OCH3 is 1. The highest BCUT2D eigenvalue weighted by molar-refractivity contribution is 5.97. The Morgan fingerprint density at radius 2 is 1.88 bits per heavy atom. The number of hydrogen-bond acceptors (Lipinski definition) is 4. The third kappa shape index (κ3) is 4.71. The molecular formula is C19H30N2O3. The third-order valence-electron chi connectivity index (χ3n) is 4.91. The van der Waals surface area contributed by atoms with Crippen LogP contribution in [-0.2, 0) is 9.53 Å². The van der Waals surface area contributed by atoms with Crippen LogP contribution in [0.1, 0.15) is 33.6 Å². The van der Waals surface area contributed by atoms with Gasteiger partial charge in [-0.3, -0.25) is 4.79 Å². The lowest BCUT2D eigenvalue weighted by Gasteiger charge is -2.26. The van der Waals surface area contributed by atoms with Gasteiger partial charge < -0.3 is 19.7 Å². The fraction of sp³-hybridized carbons (Fsp3) is 0.632. The molecule has 2 rings (SSSR count). The number of nitrogens with one attached hydrogen (secondary N) is 1. The summed E-state index contributed by atoms with van der Waals surface area (Å²) in [6.45, 7) is 9.81. The molecule has 5 nitrogen and oxygen atoms in total. The van der Waals surface area contributed by atoms with Crippen molar-refractivity contribution in [1.82, 2.24) is 4.90 Å². The Balaban J connectivity index is 1.84. The fourth-order valence-corrected chi connectivity index (χ4v) is 2.80. The second-order valence-electron chi connectivity index (χ2n) is 6.44. The van der Waals surface area contributed by atoms with Crippen LogP contribution in [0.5, 0.6) is 5.75 Å². The number of benzene rings is 1. The molecule has 1 aliphatic rings. The van der Waals surface area contributed by atoms with Gasteiger partial charge in [-0.05, 0) is 63.0 Å². The highest BCUT2D eigenvalue weighted by Gasteiger charge is 2.47. The maximum absolute atomic E-state index is 12.5. The first-order valence-corrected chi connectivity index (χ1v) is 8.85. The molecule has 1 amide bonds. The van der Waals surface area contributed by atoms with Crippen molar-refractivity contribution < 1.29 is 14.3 Å². The monoisotopic (exact) mass is 334 g/mol. The van der Waals surface area contributed by atoms with Crippen molar-refractivity contribution in [2.45, 2.75) is 39.2 Å². The summed E-state index contributed by atoms with van der Waals surface area (Å²) in [6, 6.07) is 7.51. The van der Waals surface area contributed by atoms with E-state index < -0.39 is 5.60 Å². The first-order valence-electron chi connectivity index (χ1n) is 8.85. The molecule has 0 aromatic heterocycles. The molecule has 1 fully saturated rings. The second kappa shape index (κ2) is 8.49. The maximum atomic E-state index is 12.5. The normalized spacial score (nSPS) is 16.7. The molecule has 1 aliphatic carbocycles. The largest absolute Gasteiger partial charge is 0.492 e. The van der Waals surface area contributed by atoms with Crippen LogP contribution in [0.3, 0.4) is 0 Å². The number of anilines is 1. The molecule has 1 atom stereocenters. The molecule has 0 saturated heterocycles. The molecule has 24 heavy (non-hydrogen) atoms. The lowest BCUT2D eigenvalue weighted by molar-refractivity contribution is -0.138. The Kier molecular flexibility index (Phi) is 6.63. The maximum Gasteiger partial charge on any atom is 0.256 e. The van der Waals surface area contributed by atoms with Gasteiger partial charge in [0.1, 0.15) is 18.0 Å². The Morgan fingerprint density at radius 3 is 2.38 bits per heavy atom. The second-order valence-corrected chi connectivity index (χ2v) is 6.44. The lowest BCUT2D eigenvalue weighted by Crippen LogP contribution is -2.44. The summed E-state index contributed by atoms with van der Waals surface area (Å²) in [5.41, 5.74) is 0.0267. The molecule has 0 radical (unpaired) electrons. The quantitative estimate of drug-likeness (QED) is 0.714. The number of carbonyl (C=O) groups is 1. The van der Waals surface area contributed by atoms with E-state index in [1.54, 1.807) is 7.11 Å². The number of rotatable bonds is 10. The predicted molar refractivity (Wildman–Crippen MR) is 96.5 cm³/mol. The predicted octanol–water partition coefficient (Wildman–Crippen LogP) is 3.16. The molecule has 0 spiro atoms. The average Bonchev–Trinajstić information content (AvgIpc) is 3.45. The van der Waals surface area contributed by atoms with E-state index in [0.717, 1.165) is 43.9 Å². The molecular weight excluding hydrogens is 304 g/mol. The van der Waals surface area contributed by atoms with E-state index in [2.05, 4.69) is 24.1 Å². The van der Waals surface area contributed by atoms with Crippen molar-refractivity contribution in [1.29, 1.82) is 0 Å². The average molecular weight is 334 g/mol. The van der Waals surface area contributed by atoms with Gasteiger partial charge in [-0.2, -0.15) is 0 Å². The smallest absolute Gasteiger partial charge is 0.256 e. The van der Waals surface area contributed by atoms with Crippen molar-refractivity contribution in [3.8, 4) is 5.75 Å². The van der Waals surface area contributed by atoms with Gasteiger partial charge in [0.25, 0.3) is 5.91 Å². The van der Waals surface area contributed by atoms with Crippen molar-refractivity contribution in [3.05, 3.63) is 24.3 Å². The van der Waals surface area contributed by atoms with Crippen LogP contribution in [0.25, 0.3) is 0 Å². The Labute approximate surface area is 145 Å². The van der Waals surface area contributed by atoms with Gasteiger partial charge in [0, 0.05) is 19.3 Å². The first-order chi connectivity index (χ1) is 11.5. The molecule has 1 aromatic rings. The summed E-state index contributed by atoms with van der Waals surface area (Å²) in [5, 5.41) is 2.95. The number of nitrogens with zero attached hydrogens (tertiary/aromatic N) is 1. The fourth-order valence-electron chi connectivity index (χ4n) is 2.80. The van der Waals surface area contributed by atoms with E-state index in [-0.39, 0.29) is 5.91 Å². The number of likely N-dealkylation sites (N-methyl/N-ethyl adjacent to an activating group) is 1. The standard InChI is InChI=1S/C19H30N2O3/c1-5-21(6-2)13-14-24-17-11-9-16(10-12-17)20-18(22)19(3,23-4)15-7-8-15/h9-12,15H,5-8,13-14H2,1-4H3,(H,20,22). The Bertz CT molecular complexity index is 524. The molecule has 1 unspecified atom stereocenters. The molecule has 1 N–H and O–H groups in total. The molecule has 1 aromatic carbocycles. The molecule has 134 valence electrons. The summed E-state index contributed by atoms with van der Waals surface area (Å²) in [6.07, 6.45) is 2.11. The minimum atomic E-state index is -0.737. The van der Waals surface area contributed by atoms with Crippen LogP contribution < -0.4 is 10.1 Å². The highest BCUT2D eigenvalue weighted by atomic mass is 16.5. The van der Waals surface area contributed by atoms with Gasteiger partial charge in [0.05, 0.1) is 0 Å². The molecule has 0 bridgehead atoms. The van der Waals surface area contributed by atoms with Crippen LogP contribution in [0.2, 0.25) is 0 Å². The SMILES string of the molecule is CCN(CC)CCOc1ccc(NC(=O)C(C)(OC)C2CC2)cc1. The molecule has 1 saturated carbocycles. The zero-order valence-corrected chi connectivity index (χ0v) is 15.3. The van der Waals surface area contributed by atoms with Gasteiger partial charge in [0.15, 0.2) is 0 Å². The van der Waals surface area contributed by atoms with Gasteiger partial charge in [-0.1, -0.05) is 13.8 Å². The zero-order valence-electron chi connectivity index (χ0n) is 15.3. The van der Waals surface area contributed by atoms with Crippen LogP contribution in [0.15, 0.2) is 24.3 Å². The van der Waals surface area contributed by atoms with Crippen molar-refractivity contribution in [2.24, 2.45) is 5.92 Å². The van der Waals surface area contributed by atoms with Gasteiger partial charge in [0.2, 0.25) is 0 Å². The Hall–Kier alpha value is -1.59. The van der Waals surface area contributed by atoms with Gasteiger partial charge >= 0.3 is 0 Å². The third-order valence-corrected chi connectivity index (χ3v) is 4.91. The highest BCUT2D eigenvalue weighted by Crippen LogP contribution is 2.42. The number of amides is 1. The summed E-state index contributed by atoms with van der Waals surface area (Å²) in [4.78, 5) is 14.8. The minimum absolute atomic E-state index is 0.0808. The van der Waals surface area contributed by atoms with Crippen molar-refractivity contribution >= 4 is 11.6 Å². The number of carbonyl (C=O) groups excluding carboxylic acids is 1. The van der Waals surface area contributed by atoms with Crippen molar-refractivity contribution in [3.63, 3.8) is 0 Å². The van der Waals surface area contributed by atoms with E-state index >= 15 is 0 Å². The van der Waals surface area contributed by atoms with Crippen molar-refractivity contribution in [2.75, 3.05) is 38.7 Å². The lowest BCUT2D eigenvalue weighted by atomic mass is 9.99. The topological polar surface area (TPSA) is 50.8 Å². The number of hydrogen-bond donors (Lipinski definition) is 1. The van der Waals surface area contributed by atoms with E-state index in [9.17, 15) is 4.79 Å². The van der Waals surface area contributed by atoms with Gasteiger partial charge in [-0.25, -0.2) is 0 Å². The van der Waals surface area contributed by atoms with Crippen LogP contribution in [0.4, 0.5) is 5.69 Å². The summed E-state index contributed by atoms with van der Waals surface area (Å²) in [5.74, 6) is 1.06. The molecule has 0 heterocycles. The zero-order chi connectivity index (χ0) is 17.6. The van der Waals surface area contributed by atoms with Crippen LogP contribution in [-0.4, -0.2) is 49.8 Å². The van der Waals surface area contributed by atoms with Gasteiger partial charge in [-0.15, -0.1) is 0 Å². The van der Waals surface area contributed by atoms with E-state index in [1.165, 1.54) is 0 Å². The Morgan fingerprint density at radius 1 is 1.25 bits per heavy atom. The first kappa shape index (κ1) is 18.7. The van der Waals surface area contributed by atoms with E-state index in [4.69, 9.17) is 9.47 Å². The van der Waals surface area contributed by atoms with E-state index in [0.29, 0.717) is 12.5 Å². The summed E-state index contributed by atoms with van der Waals surface area (Å²) < 4.78 is 11.2. The van der Waals surface area contributed by atoms with Crippen LogP contribution in [0, 0.1) is 5.92 Å². The molecule has 0 aliphatic heterocycles. The number of ether oxygens (including phenoxy) is 2. The minimum Gasteiger partial charge on any atom is -0.492 e. The molecule has 5 heteroatoms. The summed E-state index contributed by atoms with van der Waals surface area (Å²) >= 11 is 0. The van der Waals surface area contributed by atoms with E-state index in [1.807, 2.05) is 31.2 Å².